The number of nitrogens with two attached hydrogens (primary N) is 1. The Balaban J connectivity index is 1.99. The minimum Gasteiger partial charge on any atom is -0.451 e. The lowest BCUT2D eigenvalue weighted by atomic mass is 9.92. The van der Waals surface area contributed by atoms with Crippen LogP contribution in [0.1, 0.15) is 22.3 Å². The molecule has 0 unspecified atom stereocenters. The molecule has 0 spiro atoms. The lowest BCUT2D eigenvalue weighted by Gasteiger charge is -2.16. The van der Waals surface area contributed by atoms with Gasteiger partial charge in [0.15, 0.2) is 6.39 Å². The molecule has 6 heteroatoms. The Bertz CT molecular complexity index is 1300. The molecule has 0 amide bonds. The van der Waals surface area contributed by atoms with Crippen LogP contribution in [0.2, 0.25) is 0 Å². The molecule has 2 N–H and O–H groups in total. The third-order valence-electron chi connectivity index (χ3n) is 5.29. The first kappa shape index (κ1) is 20.1. The smallest absolute Gasteiger partial charge is 0.238 e. The molecule has 0 atom stereocenters. The highest BCUT2D eigenvalue weighted by Gasteiger charge is 2.22. The number of hydrogen-bond acceptors (Lipinski definition) is 4. The first-order chi connectivity index (χ1) is 14.3. The summed E-state index contributed by atoms with van der Waals surface area (Å²) in [6.07, 6.45) is 3.25. The van der Waals surface area contributed by atoms with Gasteiger partial charge in [0.1, 0.15) is 12.0 Å². The number of benzene rings is 3. The molecule has 4 aromatic rings. The molecule has 0 fully saturated rings. The molecule has 0 saturated carbocycles. The van der Waals surface area contributed by atoms with Crippen molar-refractivity contribution in [3.05, 3.63) is 95.6 Å². The van der Waals surface area contributed by atoms with E-state index in [2.05, 4.69) is 4.98 Å². The maximum Gasteiger partial charge on any atom is 0.238 e. The number of oxazole rings is 1. The van der Waals surface area contributed by atoms with Crippen LogP contribution in [0.25, 0.3) is 22.4 Å². The number of nitrogens with zero attached hydrogens (tertiary/aromatic N) is 1. The summed E-state index contributed by atoms with van der Waals surface area (Å²) in [5, 5.41) is 5.66. The van der Waals surface area contributed by atoms with Crippen molar-refractivity contribution in [3.8, 4) is 22.4 Å². The molecule has 1 aromatic heterocycles. The van der Waals surface area contributed by atoms with E-state index in [9.17, 15) is 8.42 Å². The predicted molar refractivity (Wildman–Crippen MR) is 117 cm³/mol. The van der Waals surface area contributed by atoms with Gasteiger partial charge in [-0.25, -0.2) is 18.5 Å². The number of aryl methyl sites for hydroxylation is 2. The summed E-state index contributed by atoms with van der Waals surface area (Å²) in [6.45, 7) is 4.07. The van der Waals surface area contributed by atoms with E-state index in [0.29, 0.717) is 23.2 Å². The maximum absolute atomic E-state index is 12.6. The molecule has 0 bridgehead atoms. The number of hydrogen-bond donors (Lipinski definition) is 1. The summed E-state index contributed by atoms with van der Waals surface area (Å²) in [5.41, 5.74) is 6.81. The van der Waals surface area contributed by atoms with Crippen LogP contribution in [0.4, 0.5) is 0 Å². The van der Waals surface area contributed by atoms with Gasteiger partial charge in [0.2, 0.25) is 10.0 Å². The normalized spacial score (nSPS) is 11.6. The van der Waals surface area contributed by atoms with Gasteiger partial charge in [-0.05, 0) is 65.8 Å². The summed E-state index contributed by atoms with van der Waals surface area (Å²) < 4.78 is 30.4. The first-order valence-electron chi connectivity index (χ1n) is 9.53. The van der Waals surface area contributed by atoms with Crippen molar-refractivity contribution in [2.75, 3.05) is 0 Å². The molecule has 0 aliphatic carbocycles. The number of sulfonamides is 1. The summed E-state index contributed by atoms with van der Waals surface area (Å²) in [7, 11) is -3.97. The van der Waals surface area contributed by atoms with E-state index >= 15 is 0 Å². The maximum atomic E-state index is 12.6. The summed E-state index contributed by atoms with van der Waals surface area (Å²) in [4.78, 5) is 4.37. The van der Waals surface area contributed by atoms with Crippen LogP contribution in [0, 0.1) is 13.8 Å². The van der Waals surface area contributed by atoms with Crippen molar-refractivity contribution >= 4 is 10.0 Å². The van der Waals surface area contributed by atoms with E-state index in [1.54, 1.807) is 6.07 Å². The fraction of sp³-hybridized carbons (Fsp3) is 0.125. The highest BCUT2D eigenvalue weighted by Crippen LogP contribution is 2.35. The second-order valence-electron chi connectivity index (χ2n) is 7.38. The lowest BCUT2D eigenvalue weighted by molar-refractivity contribution is 0.558. The van der Waals surface area contributed by atoms with Crippen LogP contribution < -0.4 is 5.14 Å². The van der Waals surface area contributed by atoms with Crippen molar-refractivity contribution in [2.24, 2.45) is 5.14 Å². The van der Waals surface area contributed by atoms with Gasteiger partial charge >= 0.3 is 0 Å². The summed E-state index contributed by atoms with van der Waals surface area (Å²) >= 11 is 0. The van der Waals surface area contributed by atoms with E-state index in [1.165, 1.54) is 18.2 Å². The fourth-order valence-electron chi connectivity index (χ4n) is 3.54. The van der Waals surface area contributed by atoms with Crippen molar-refractivity contribution in [2.45, 2.75) is 25.2 Å². The van der Waals surface area contributed by atoms with E-state index in [1.807, 2.05) is 68.4 Å². The van der Waals surface area contributed by atoms with Crippen LogP contribution in [-0.2, 0) is 16.4 Å². The van der Waals surface area contributed by atoms with E-state index in [-0.39, 0.29) is 4.90 Å². The third kappa shape index (κ3) is 4.06. The zero-order chi connectivity index (χ0) is 21.3. The van der Waals surface area contributed by atoms with Crippen LogP contribution in [-0.4, -0.2) is 13.4 Å². The summed E-state index contributed by atoms with van der Waals surface area (Å²) in [5.74, 6) is 0. The van der Waals surface area contributed by atoms with Crippen LogP contribution in [0.5, 0.6) is 0 Å². The van der Waals surface area contributed by atoms with Gasteiger partial charge in [0.05, 0.1) is 4.90 Å². The highest BCUT2D eigenvalue weighted by atomic mass is 32.2. The van der Waals surface area contributed by atoms with Gasteiger partial charge in [-0.2, -0.15) is 0 Å². The quantitative estimate of drug-likeness (QED) is 0.501. The Morgan fingerprint density at radius 3 is 2.33 bits per heavy atom. The van der Waals surface area contributed by atoms with Gasteiger partial charge < -0.3 is 4.42 Å². The minimum atomic E-state index is -3.97. The zero-order valence-electron chi connectivity index (χ0n) is 16.8. The lowest BCUT2D eigenvalue weighted by Crippen LogP contribution is -2.16. The molecule has 5 nitrogen and oxygen atoms in total. The number of aromatic nitrogens is 1. The molecule has 0 aliphatic rings. The molecule has 1 heterocycles. The molecular weight excluding hydrogens is 396 g/mol. The van der Waals surface area contributed by atoms with Gasteiger partial charge in [0.25, 0.3) is 0 Å². The summed E-state index contributed by atoms with van der Waals surface area (Å²) in [6, 6.07) is 19.3. The van der Waals surface area contributed by atoms with Crippen molar-refractivity contribution in [1.82, 2.24) is 4.98 Å². The second-order valence-corrected chi connectivity index (χ2v) is 8.91. The largest absolute Gasteiger partial charge is 0.451 e. The van der Waals surface area contributed by atoms with Gasteiger partial charge in [-0.1, -0.05) is 48.5 Å². The van der Waals surface area contributed by atoms with Gasteiger partial charge in [0, 0.05) is 5.56 Å². The molecule has 152 valence electrons. The minimum absolute atomic E-state index is 0.0973. The van der Waals surface area contributed by atoms with Gasteiger partial charge in [-0.15, -0.1) is 0 Å². The average molecular weight is 419 g/mol. The Hall–Kier alpha value is -3.22. The van der Waals surface area contributed by atoms with Crippen molar-refractivity contribution in [1.29, 1.82) is 0 Å². The third-order valence-corrected chi connectivity index (χ3v) is 6.27. The monoisotopic (exact) mass is 418 g/mol. The van der Waals surface area contributed by atoms with E-state index in [4.69, 9.17) is 9.56 Å². The van der Waals surface area contributed by atoms with Crippen LogP contribution in [0.3, 0.4) is 0 Å². The molecule has 0 aliphatic heterocycles. The predicted octanol–water partition coefficient (Wildman–Crippen LogP) is 4.86. The number of rotatable bonds is 5. The highest BCUT2D eigenvalue weighted by molar-refractivity contribution is 7.89. The van der Waals surface area contributed by atoms with Crippen molar-refractivity contribution in [3.63, 3.8) is 0 Å². The Morgan fingerprint density at radius 1 is 0.933 bits per heavy atom. The fourth-order valence-corrected chi connectivity index (χ4v) is 4.36. The Kier molecular flexibility index (Phi) is 5.28. The van der Waals surface area contributed by atoms with E-state index < -0.39 is 10.0 Å². The molecule has 4 rings (SSSR count). The standard InChI is InChI=1S/C24H22N2O3S/c1-16-8-9-19(10-17(16)2)20-12-21(23-14-29-15-26-23)22(24(13-20)30(25,27)28)11-18-6-4-3-5-7-18/h3-10,12-15H,11H2,1-2H3,(H2,25,27,28). The van der Waals surface area contributed by atoms with E-state index in [0.717, 1.165) is 22.3 Å². The first-order valence-corrected chi connectivity index (χ1v) is 11.1. The molecule has 0 radical (unpaired) electrons. The second kappa shape index (κ2) is 7.89. The molecule has 30 heavy (non-hydrogen) atoms. The number of primary sulfonamides is 1. The average Bonchev–Trinajstić information content (AvgIpc) is 3.25. The Morgan fingerprint density at radius 2 is 1.70 bits per heavy atom. The molecule has 0 saturated heterocycles. The molecular formula is C24H22N2O3S. The molecule has 3 aromatic carbocycles. The topological polar surface area (TPSA) is 86.2 Å². The van der Waals surface area contributed by atoms with Gasteiger partial charge in [-0.3, -0.25) is 0 Å². The van der Waals surface area contributed by atoms with Crippen molar-refractivity contribution < 1.29 is 12.8 Å². The van der Waals surface area contributed by atoms with Crippen LogP contribution in [0.15, 0.2) is 82.6 Å². The SMILES string of the molecule is Cc1ccc(-c2cc(-c3cocn3)c(Cc3ccccc3)c(S(N)(=O)=O)c2)cc1C. The van der Waals surface area contributed by atoms with Crippen LogP contribution >= 0.6 is 0 Å². The Labute approximate surface area is 176 Å². The zero-order valence-corrected chi connectivity index (χ0v) is 17.6.